The van der Waals surface area contributed by atoms with Crippen molar-refractivity contribution in [3.05, 3.63) is 66.1 Å². The standard InChI is InChI=1S/C22H29N7O2.HI/c1-22(2,3)18-13-24-20(31-18)14-26-21(23-4)25-12-16-7-5-8-17(11-16)28-19(30)15-29-10-6-9-27-29;/h5-11,13H,12,14-15H2,1-4H3,(H,28,30)(H2,23,25,26);1H. The SMILES string of the molecule is CN=C(NCc1cccc(NC(=O)Cn2cccn2)c1)NCc1ncc(C(C)(C)C)o1.I. The Hall–Kier alpha value is -2.89. The van der Waals surface area contributed by atoms with Gasteiger partial charge in [-0.1, -0.05) is 32.9 Å². The maximum Gasteiger partial charge on any atom is 0.246 e. The van der Waals surface area contributed by atoms with Gasteiger partial charge < -0.3 is 20.4 Å². The summed E-state index contributed by atoms with van der Waals surface area (Å²) < 4.78 is 7.37. The van der Waals surface area contributed by atoms with Gasteiger partial charge in [0, 0.05) is 37.1 Å². The van der Waals surface area contributed by atoms with Crippen molar-refractivity contribution in [2.24, 2.45) is 4.99 Å². The number of nitrogens with zero attached hydrogens (tertiary/aromatic N) is 4. The fourth-order valence-electron chi connectivity index (χ4n) is 2.81. The molecule has 10 heteroatoms. The van der Waals surface area contributed by atoms with E-state index in [9.17, 15) is 4.79 Å². The van der Waals surface area contributed by atoms with E-state index >= 15 is 0 Å². The Morgan fingerprint density at radius 3 is 2.62 bits per heavy atom. The molecule has 0 radical (unpaired) electrons. The zero-order valence-corrected chi connectivity index (χ0v) is 21.1. The van der Waals surface area contributed by atoms with Gasteiger partial charge in [-0.15, -0.1) is 24.0 Å². The van der Waals surface area contributed by atoms with Crippen molar-refractivity contribution >= 4 is 41.5 Å². The second-order valence-electron chi connectivity index (χ2n) is 8.10. The summed E-state index contributed by atoms with van der Waals surface area (Å²) in [6.45, 7) is 7.39. The van der Waals surface area contributed by atoms with Gasteiger partial charge in [-0.3, -0.25) is 14.5 Å². The largest absolute Gasteiger partial charge is 0.443 e. The van der Waals surface area contributed by atoms with Gasteiger partial charge in [-0.05, 0) is 23.8 Å². The number of aliphatic imine (C=N–C) groups is 1. The zero-order valence-electron chi connectivity index (χ0n) is 18.8. The Morgan fingerprint density at radius 2 is 1.97 bits per heavy atom. The number of hydrogen-bond acceptors (Lipinski definition) is 5. The summed E-state index contributed by atoms with van der Waals surface area (Å²) >= 11 is 0. The van der Waals surface area contributed by atoms with E-state index in [4.69, 9.17) is 4.42 Å². The highest BCUT2D eigenvalue weighted by Crippen LogP contribution is 2.22. The molecule has 3 aromatic rings. The number of rotatable bonds is 7. The molecule has 32 heavy (non-hydrogen) atoms. The van der Waals surface area contributed by atoms with E-state index in [0.29, 0.717) is 24.9 Å². The molecular weight excluding hydrogens is 521 g/mol. The number of nitrogens with one attached hydrogen (secondary N) is 3. The molecule has 0 fully saturated rings. The first-order valence-corrected chi connectivity index (χ1v) is 10.1. The monoisotopic (exact) mass is 551 g/mol. The first kappa shape index (κ1) is 25.4. The molecule has 0 saturated heterocycles. The molecule has 9 nitrogen and oxygen atoms in total. The molecule has 0 bridgehead atoms. The van der Waals surface area contributed by atoms with E-state index < -0.39 is 0 Å². The molecule has 0 spiro atoms. The molecule has 0 aliphatic rings. The van der Waals surface area contributed by atoms with Crippen LogP contribution in [-0.2, 0) is 29.8 Å². The number of oxazole rings is 1. The summed E-state index contributed by atoms with van der Waals surface area (Å²) in [6, 6.07) is 9.44. The van der Waals surface area contributed by atoms with E-state index in [1.807, 2.05) is 24.3 Å². The summed E-state index contributed by atoms with van der Waals surface area (Å²) in [5, 5.41) is 13.4. The topological polar surface area (TPSA) is 109 Å². The minimum atomic E-state index is -0.133. The third kappa shape index (κ3) is 7.66. The second-order valence-corrected chi connectivity index (χ2v) is 8.10. The quantitative estimate of drug-likeness (QED) is 0.236. The molecule has 0 aliphatic carbocycles. The molecule has 172 valence electrons. The van der Waals surface area contributed by atoms with Gasteiger partial charge in [0.2, 0.25) is 11.8 Å². The summed E-state index contributed by atoms with van der Waals surface area (Å²) in [5.41, 5.74) is 1.66. The van der Waals surface area contributed by atoms with Crippen LogP contribution in [0.2, 0.25) is 0 Å². The van der Waals surface area contributed by atoms with Crippen molar-refractivity contribution in [2.45, 2.75) is 45.8 Å². The van der Waals surface area contributed by atoms with E-state index in [-0.39, 0.29) is 41.8 Å². The molecule has 0 aliphatic heterocycles. The van der Waals surface area contributed by atoms with E-state index in [1.54, 1.807) is 36.4 Å². The number of hydrogen-bond donors (Lipinski definition) is 3. The number of guanidine groups is 1. The molecule has 1 aromatic carbocycles. The lowest BCUT2D eigenvalue weighted by Crippen LogP contribution is -2.36. The number of anilines is 1. The van der Waals surface area contributed by atoms with Crippen LogP contribution in [0.4, 0.5) is 5.69 Å². The highest BCUT2D eigenvalue weighted by molar-refractivity contribution is 14.0. The molecule has 0 unspecified atom stereocenters. The van der Waals surface area contributed by atoms with Gasteiger partial charge in [0.05, 0.1) is 12.7 Å². The predicted molar refractivity (Wildman–Crippen MR) is 135 cm³/mol. The normalized spacial score (nSPS) is 11.6. The van der Waals surface area contributed by atoms with Gasteiger partial charge in [0.1, 0.15) is 12.3 Å². The van der Waals surface area contributed by atoms with Crippen molar-refractivity contribution in [3.8, 4) is 0 Å². The molecule has 2 heterocycles. The summed E-state index contributed by atoms with van der Waals surface area (Å²) in [5.74, 6) is 1.95. The highest BCUT2D eigenvalue weighted by Gasteiger charge is 2.19. The molecule has 0 saturated carbocycles. The van der Waals surface area contributed by atoms with Gasteiger partial charge in [-0.25, -0.2) is 4.98 Å². The molecule has 3 N–H and O–H groups in total. The highest BCUT2D eigenvalue weighted by atomic mass is 127. The predicted octanol–water partition coefficient (Wildman–Crippen LogP) is 3.29. The Labute approximate surface area is 205 Å². The third-order valence-corrected chi connectivity index (χ3v) is 4.46. The van der Waals surface area contributed by atoms with Gasteiger partial charge in [0.15, 0.2) is 5.96 Å². The molecular formula is C22H30IN7O2. The fraction of sp³-hybridized carbons (Fsp3) is 0.364. The van der Waals surface area contributed by atoms with Crippen molar-refractivity contribution in [1.82, 2.24) is 25.4 Å². The van der Waals surface area contributed by atoms with Crippen molar-refractivity contribution in [2.75, 3.05) is 12.4 Å². The lowest BCUT2D eigenvalue weighted by molar-refractivity contribution is -0.116. The molecule has 1 amide bonds. The maximum atomic E-state index is 12.2. The van der Waals surface area contributed by atoms with Crippen LogP contribution < -0.4 is 16.0 Å². The van der Waals surface area contributed by atoms with Crippen molar-refractivity contribution in [1.29, 1.82) is 0 Å². The second kappa shape index (κ2) is 11.7. The Bertz CT molecular complexity index is 1020. The van der Waals surface area contributed by atoms with Crippen LogP contribution in [0.15, 0.2) is 58.3 Å². The number of carbonyl (C=O) groups is 1. The first-order valence-electron chi connectivity index (χ1n) is 10.1. The van der Waals surface area contributed by atoms with Crippen molar-refractivity contribution in [3.63, 3.8) is 0 Å². The van der Waals surface area contributed by atoms with Crippen LogP contribution in [0.3, 0.4) is 0 Å². The van der Waals surface area contributed by atoms with E-state index in [2.05, 4.69) is 51.8 Å². The summed E-state index contributed by atoms with van der Waals surface area (Å²) in [4.78, 5) is 20.7. The van der Waals surface area contributed by atoms with Gasteiger partial charge >= 0.3 is 0 Å². The van der Waals surface area contributed by atoms with Gasteiger partial charge in [0.25, 0.3) is 0 Å². The van der Waals surface area contributed by atoms with Crippen LogP contribution in [0, 0.1) is 0 Å². The van der Waals surface area contributed by atoms with E-state index in [1.165, 1.54) is 0 Å². The van der Waals surface area contributed by atoms with Crippen LogP contribution >= 0.6 is 24.0 Å². The van der Waals surface area contributed by atoms with Crippen LogP contribution in [0.1, 0.15) is 38.0 Å². The molecule has 2 aromatic heterocycles. The molecule has 0 atom stereocenters. The number of aromatic nitrogens is 3. The Morgan fingerprint density at radius 1 is 1.19 bits per heavy atom. The maximum absolute atomic E-state index is 12.2. The molecule has 3 rings (SSSR count). The smallest absolute Gasteiger partial charge is 0.246 e. The van der Waals surface area contributed by atoms with Crippen LogP contribution in [0.5, 0.6) is 0 Å². The Kier molecular flexibility index (Phi) is 9.24. The first-order chi connectivity index (χ1) is 14.8. The average Bonchev–Trinajstić information content (AvgIpc) is 3.40. The minimum Gasteiger partial charge on any atom is -0.443 e. The Balaban J connectivity index is 0.00000363. The third-order valence-electron chi connectivity index (χ3n) is 4.46. The summed E-state index contributed by atoms with van der Waals surface area (Å²) in [6.07, 6.45) is 5.16. The lowest BCUT2D eigenvalue weighted by Gasteiger charge is -2.14. The number of carbonyl (C=O) groups excluding carboxylic acids is 1. The van der Waals surface area contributed by atoms with Gasteiger partial charge in [-0.2, -0.15) is 5.10 Å². The lowest BCUT2D eigenvalue weighted by atomic mass is 9.94. The number of benzene rings is 1. The zero-order chi connectivity index (χ0) is 22.3. The minimum absolute atomic E-state index is 0. The number of amides is 1. The van der Waals surface area contributed by atoms with E-state index in [0.717, 1.165) is 17.0 Å². The average molecular weight is 551 g/mol. The summed E-state index contributed by atoms with van der Waals surface area (Å²) in [7, 11) is 1.71. The number of halogens is 1. The van der Waals surface area contributed by atoms with Crippen LogP contribution in [0.25, 0.3) is 0 Å². The fourth-order valence-corrected chi connectivity index (χ4v) is 2.81. The van der Waals surface area contributed by atoms with Crippen molar-refractivity contribution < 1.29 is 9.21 Å². The van der Waals surface area contributed by atoms with Crippen LogP contribution in [-0.4, -0.2) is 33.7 Å².